The van der Waals surface area contributed by atoms with Crippen molar-refractivity contribution in [2.45, 2.75) is 32.4 Å². The van der Waals surface area contributed by atoms with Gasteiger partial charge in [-0.25, -0.2) is 9.59 Å². The maximum atomic E-state index is 12.2. The van der Waals surface area contributed by atoms with Crippen LogP contribution >= 0.6 is 0 Å². The summed E-state index contributed by atoms with van der Waals surface area (Å²) < 4.78 is 0. The van der Waals surface area contributed by atoms with Gasteiger partial charge in [-0.3, -0.25) is 0 Å². The minimum atomic E-state index is -1.13. The van der Waals surface area contributed by atoms with Crippen LogP contribution in [-0.2, 0) is 4.79 Å². The number of amides is 2. The van der Waals surface area contributed by atoms with Crippen LogP contribution in [0, 0.1) is 11.3 Å². The summed E-state index contributed by atoms with van der Waals surface area (Å²) in [5.74, 6) is -1.13. The molecule has 0 aromatic heterocycles. The van der Waals surface area contributed by atoms with E-state index in [1.807, 2.05) is 19.9 Å². The lowest BCUT2D eigenvalue weighted by Gasteiger charge is -2.27. The van der Waals surface area contributed by atoms with Crippen molar-refractivity contribution in [3.8, 4) is 6.07 Å². The van der Waals surface area contributed by atoms with Crippen LogP contribution in [0.4, 0.5) is 4.79 Å². The van der Waals surface area contributed by atoms with Crippen molar-refractivity contribution in [1.82, 2.24) is 10.2 Å². The number of nitriles is 1. The molecular formula is C15H19N3O3. The average molecular weight is 289 g/mol. The van der Waals surface area contributed by atoms with Crippen LogP contribution in [0.5, 0.6) is 0 Å². The molecule has 112 valence electrons. The van der Waals surface area contributed by atoms with E-state index in [1.165, 1.54) is 4.90 Å². The number of carbonyl (C=O) groups excluding carboxylic acids is 1. The molecule has 6 heteroatoms. The topological polar surface area (TPSA) is 93.4 Å². The van der Waals surface area contributed by atoms with E-state index in [4.69, 9.17) is 5.26 Å². The molecule has 21 heavy (non-hydrogen) atoms. The van der Waals surface area contributed by atoms with Crippen molar-refractivity contribution in [1.29, 1.82) is 5.26 Å². The van der Waals surface area contributed by atoms with Crippen molar-refractivity contribution >= 4 is 12.0 Å². The van der Waals surface area contributed by atoms with Gasteiger partial charge in [-0.05, 0) is 19.4 Å². The molecule has 0 bridgehead atoms. The first-order chi connectivity index (χ1) is 9.97. The molecular weight excluding hydrogens is 270 g/mol. The number of urea groups is 1. The Hall–Kier alpha value is -2.55. The van der Waals surface area contributed by atoms with Gasteiger partial charge in [0.1, 0.15) is 0 Å². The summed E-state index contributed by atoms with van der Waals surface area (Å²) in [5.41, 5.74) is 0.502. The Morgan fingerprint density at radius 1 is 1.33 bits per heavy atom. The van der Waals surface area contributed by atoms with Crippen molar-refractivity contribution < 1.29 is 14.7 Å². The highest BCUT2D eigenvalue weighted by Gasteiger charge is 2.25. The quantitative estimate of drug-likeness (QED) is 0.839. The van der Waals surface area contributed by atoms with E-state index in [9.17, 15) is 14.7 Å². The Morgan fingerprint density at radius 2 is 1.95 bits per heavy atom. The van der Waals surface area contributed by atoms with E-state index in [2.05, 4.69) is 5.32 Å². The summed E-state index contributed by atoms with van der Waals surface area (Å²) in [4.78, 5) is 25.0. The Balaban J connectivity index is 2.86. The maximum Gasteiger partial charge on any atom is 0.330 e. The smallest absolute Gasteiger partial charge is 0.330 e. The average Bonchev–Trinajstić information content (AvgIpc) is 2.45. The van der Waals surface area contributed by atoms with Gasteiger partial charge in [-0.1, -0.05) is 30.3 Å². The van der Waals surface area contributed by atoms with Crippen molar-refractivity contribution in [2.24, 2.45) is 0 Å². The largest absolute Gasteiger partial charge is 0.479 e. The third-order valence-corrected chi connectivity index (χ3v) is 3.00. The van der Waals surface area contributed by atoms with Gasteiger partial charge in [0.2, 0.25) is 0 Å². The zero-order valence-corrected chi connectivity index (χ0v) is 12.1. The van der Waals surface area contributed by atoms with E-state index < -0.39 is 18.0 Å². The fraction of sp³-hybridized carbons (Fsp3) is 0.400. The second-order valence-electron chi connectivity index (χ2n) is 4.83. The third kappa shape index (κ3) is 4.80. The fourth-order valence-corrected chi connectivity index (χ4v) is 1.90. The summed E-state index contributed by atoms with van der Waals surface area (Å²) >= 11 is 0. The molecule has 2 N–H and O–H groups in total. The van der Waals surface area contributed by atoms with Gasteiger partial charge >= 0.3 is 12.0 Å². The molecule has 6 nitrogen and oxygen atoms in total. The molecule has 1 atom stereocenters. The summed E-state index contributed by atoms with van der Waals surface area (Å²) in [6.07, 6.45) is 0.203. The molecule has 0 saturated heterocycles. The van der Waals surface area contributed by atoms with Crippen LogP contribution < -0.4 is 5.32 Å². The number of carboxylic acids is 1. The molecule has 0 aliphatic rings. The Labute approximate surface area is 124 Å². The highest BCUT2D eigenvalue weighted by Crippen LogP contribution is 2.14. The molecule has 0 unspecified atom stereocenters. The molecule has 0 spiro atoms. The van der Waals surface area contributed by atoms with Crippen molar-refractivity contribution in [3.05, 3.63) is 35.9 Å². The first-order valence-corrected chi connectivity index (χ1v) is 6.69. The first-order valence-electron chi connectivity index (χ1n) is 6.69. The molecule has 0 aliphatic heterocycles. The summed E-state index contributed by atoms with van der Waals surface area (Å²) in [6.45, 7) is 3.89. The minimum absolute atomic E-state index is 0.122. The van der Waals surface area contributed by atoms with E-state index >= 15 is 0 Å². The Bertz CT molecular complexity index is 523. The summed E-state index contributed by atoms with van der Waals surface area (Å²) in [6, 6.07) is 8.76. The van der Waals surface area contributed by atoms with Gasteiger partial charge in [0.25, 0.3) is 0 Å². The third-order valence-electron chi connectivity index (χ3n) is 3.00. The lowest BCUT2D eigenvalue weighted by molar-refractivity contribution is -0.139. The molecule has 2 amide bonds. The van der Waals surface area contributed by atoms with E-state index in [0.29, 0.717) is 5.56 Å². The number of nitrogens with zero attached hydrogens (tertiary/aromatic N) is 2. The molecule has 0 fully saturated rings. The number of rotatable bonds is 6. The lowest BCUT2D eigenvalue weighted by atomic mass is 10.1. The Morgan fingerprint density at radius 3 is 2.43 bits per heavy atom. The molecule has 1 aromatic carbocycles. The normalized spacial score (nSPS) is 11.5. The number of benzene rings is 1. The van der Waals surface area contributed by atoms with Crippen LogP contribution in [-0.4, -0.2) is 34.6 Å². The summed E-state index contributed by atoms with van der Waals surface area (Å²) in [7, 11) is 0. The SMILES string of the molecule is CC(C)N(CCC#N)C(=O)N[C@H](C(=O)O)c1ccccc1. The van der Waals surface area contributed by atoms with Gasteiger partial charge in [-0.15, -0.1) is 0 Å². The van der Waals surface area contributed by atoms with Gasteiger partial charge in [0.05, 0.1) is 12.5 Å². The molecule has 1 aromatic rings. The number of nitrogens with one attached hydrogen (secondary N) is 1. The van der Waals surface area contributed by atoms with E-state index in [0.717, 1.165) is 0 Å². The van der Waals surface area contributed by atoms with Crippen LogP contribution in [0.3, 0.4) is 0 Å². The second-order valence-corrected chi connectivity index (χ2v) is 4.83. The molecule has 0 saturated carbocycles. The predicted molar refractivity (Wildman–Crippen MR) is 77.4 cm³/mol. The highest BCUT2D eigenvalue weighted by atomic mass is 16.4. The number of hydrogen-bond donors (Lipinski definition) is 2. The van der Waals surface area contributed by atoms with Crippen LogP contribution in [0.1, 0.15) is 31.9 Å². The van der Waals surface area contributed by atoms with Crippen molar-refractivity contribution in [3.63, 3.8) is 0 Å². The molecule has 1 rings (SSSR count). The lowest BCUT2D eigenvalue weighted by Crippen LogP contribution is -2.47. The van der Waals surface area contributed by atoms with Crippen molar-refractivity contribution in [2.75, 3.05) is 6.54 Å². The Kier molecular flexibility index (Phi) is 6.21. The number of hydrogen-bond acceptors (Lipinski definition) is 3. The monoisotopic (exact) mass is 289 g/mol. The molecule has 0 aliphatic carbocycles. The van der Waals surface area contributed by atoms with Crippen LogP contribution in [0.2, 0.25) is 0 Å². The standard InChI is InChI=1S/C15H19N3O3/c1-11(2)18(10-6-9-16)15(21)17-13(14(19)20)12-7-4-3-5-8-12/h3-5,7-8,11,13H,6,10H2,1-2H3,(H,17,21)(H,19,20)/t13-/m0/s1. The van der Waals surface area contributed by atoms with Crippen LogP contribution in [0.15, 0.2) is 30.3 Å². The van der Waals surface area contributed by atoms with E-state index in [-0.39, 0.29) is 19.0 Å². The number of aliphatic carboxylic acids is 1. The zero-order valence-electron chi connectivity index (χ0n) is 12.1. The molecule has 0 radical (unpaired) electrons. The number of carbonyl (C=O) groups is 2. The zero-order chi connectivity index (χ0) is 15.8. The van der Waals surface area contributed by atoms with Gasteiger partial charge in [0.15, 0.2) is 6.04 Å². The highest BCUT2D eigenvalue weighted by molar-refractivity contribution is 5.83. The van der Waals surface area contributed by atoms with Crippen LogP contribution in [0.25, 0.3) is 0 Å². The van der Waals surface area contributed by atoms with Gasteiger partial charge < -0.3 is 15.3 Å². The first kappa shape index (κ1) is 16.5. The fourth-order valence-electron chi connectivity index (χ4n) is 1.90. The van der Waals surface area contributed by atoms with Gasteiger partial charge in [0, 0.05) is 12.6 Å². The number of carboxylic acid groups (broad SMARTS) is 1. The molecule has 0 heterocycles. The maximum absolute atomic E-state index is 12.2. The predicted octanol–water partition coefficient (Wildman–Crippen LogP) is 2.15. The van der Waals surface area contributed by atoms with Gasteiger partial charge in [-0.2, -0.15) is 5.26 Å². The minimum Gasteiger partial charge on any atom is -0.479 e. The second kappa shape index (κ2) is 7.90. The van der Waals surface area contributed by atoms with E-state index in [1.54, 1.807) is 30.3 Å². The summed E-state index contributed by atoms with van der Waals surface area (Å²) in [5, 5.41) is 20.4.